The van der Waals surface area contributed by atoms with Gasteiger partial charge in [-0.2, -0.15) is 0 Å². The van der Waals surface area contributed by atoms with E-state index in [1.54, 1.807) is 7.11 Å². The molecule has 0 aromatic heterocycles. The van der Waals surface area contributed by atoms with Gasteiger partial charge in [0.25, 0.3) is 0 Å². The summed E-state index contributed by atoms with van der Waals surface area (Å²) in [6, 6.07) is 0. The van der Waals surface area contributed by atoms with Crippen LogP contribution in [-0.2, 0) is 14.3 Å². The molecule has 0 saturated carbocycles. The van der Waals surface area contributed by atoms with Crippen LogP contribution in [0, 0.1) is 0 Å². The van der Waals surface area contributed by atoms with Gasteiger partial charge in [0.2, 0.25) is 5.91 Å². The van der Waals surface area contributed by atoms with E-state index in [0.29, 0.717) is 19.4 Å². The Morgan fingerprint density at radius 1 is 1.53 bits per heavy atom. The molecule has 0 aliphatic rings. The number of carbonyl (C=O) groups excluding carboxylic acids is 1. The van der Waals surface area contributed by atoms with Crippen LogP contribution in [0.3, 0.4) is 0 Å². The van der Waals surface area contributed by atoms with Crippen LogP contribution in [0.5, 0.6) is 0 Å². The van der Waals surface area contributed by atoms with Crippen LogP contribution in [0.1, 0.15) is 12.8 Å². The SMILES string of the molecule is C=CCN(CC(=O)O)C(=O)CCCOC. The number of rotatable bonds is 8. The summed E-state index contributed by atoms with van der Waals surface area (Å²) in [4.78, 5) is 23.2. The van der Waals surface area contributed by atoms with E-state index >= 15 is 0 Å². The van der Waals surface area contributed by atoms with Crippen molar-refractivity contribution >= 4 is 11.9 Å². The number of nitrogens with zero attached hydrogens (tertiary/aromatic N) is 1. The zero-order chi connectivity index (χ0) is 11.7. The van der Waals surface area contributed by atoms with Crippen molar-refractivity contribution in [1.29, 1.82) is 0 Å². The third kappa shape index (κ3) is 6.68. The number of methoxy groups -OCH3 is 1. The highest BCUT2D eigenvalue weighted by Gasteiger charge is 2.14. The molecule has 0 aliphatic heterocycles. The molecule has 0 atom stereocenters. The molecule has 0 aromatic carbocycles. The summed E-state index contributed by atoms with van der Waals surface area (Å²) in [6.07, 6.45) is 2.41. The summed E-state index contributed by atoms with van der Waals surface area (Å²) in [5, 5.41) is 8.58. The number of carbonyl (C=O) groups is 2. The quantitative estimate of drug-likeness (QED) is 0.473. The highest BCUT2D eigenvalue weighted by molar-refractivity contribution is 5.81. The van der Waals surface area contributed by atoms with Crippen LogP contribution in [0.15, 0.2) is 12.7 Å². The van der Waals surface area contributed by atoms with Gasteiger partial charge >= 0.3 is 5.97 Å². The fourth-order valence-electron chi connectivity index (χ4n) is 1.10. The zero-order valence-electron chi connectivity index (χ0n) is 8.94. The summed E-state index contributed by atoms with van der Waals surface area (Å²) < 4.78 is 4.81. The Morgan fingerprint density at radius 2 is 2.20 bits per heavy atom. The van der Waals surface area contributed by atoms with E-state index in [1.807, 2.05) is 0 Å². The van der Waals surface area contributed by atoms with Crippen molar-refractivity contribution in [3.63, 3.8) is 0 Å². The van der Waals surface area contributed by atoms with Crippen molar-refractivity contribution < 1.29 is 19.4 Å². The maximum atomic E-state index is 11.5. The largest absolute Gasteiger partial charge is 0.480 e. The molecule has 0 saturated heterocycles. The summed E-state index contributed by atoms with van der Waals surface area (Å²) in [5.41, 5.74) is 0. The second-order valence-corrected chi connectivity index (χ2v) is 3.05. The van der Waals surface area contributed by atoms with Crippen LogP contribution in [0.4, 0.5) is 0 Å². The normalized spacial score (nSPS) is 9.67. The Labute approximate surface area is 89.3 Å². The molecule has 0 unspecified atom stereocenters. The molecule has 0 spiro atoms. The summed E-state index contributed by atoms with van der Waals surface area (Å²) in [7, 11) is 1.56. The van der Waals surface area contributed by atoms with Crippen molar-refractivity contribution in [3.05, 3.63) is 12.7 Å². The smallest absolute Gasteiger partial charge is 0.323 e. The monoisotopic (exact) mass is 215 g/mol. The van der Waals surface area contributed by atoms with E-state index in [9.17, 15) is 9.59 Å². The molecule has 0 heterocycles. The fourth-order valence-corrected chi connectivity index (χ4v) is 1.10. The van der Waals surface area contributed by atoms with Gasteiger partial charge < -0.3 is 14.7 Å². The molecule has 5 heteroatoms. The summed E-state index contributed by atoms with van der Waals surface area (Å²) >= 11 is 0. The van der Waals surface area contributed by atoms with Gasteiger partial charge in [0.05, 0.1) is 0 Å². The van der Waals surface area contributed by atoms with Crippen LogP contribution >= 0.6 is 0 Å². The minimum atomic E-state index is -1.02. The summed E-state index contributed by atoms with van der Waals surface area (Å²) in [6.45, 7) is 3.96. The number of carboxylic acids is 1. The topological polar surface area (TPSA) is 66.8 Å². The third-order valence-corrected chi connectivity index (χ3v) is 1.77. The van der Waals surface area contributed by atoms with E-state index in [1.165, 1.54) is 11.0 Å². The van der Waals surface area contributed by atoms with Crippen LogP contribution in [0.2, 0.25) is 0 Å². The Kier molecular flexibility index (Phi) is 7.27. The average Bonchev–Trinajstić information content (AvgIpc) is 2.17. The molecule has 1 amide bonds. The molecule has 0 radical (unpaired) electrons. The van der Waals surface area contributed by atoms with Crippen molar-refractivity contribution in [2.45, 2.75) is 12.8 Å². The summed E-state index contributed by atoms with van der Waals surface area (Å²) in [5.74, 6) is -1.20. The predicted molar refractivity (Wildman–Crippen MR) is 55.5 cm³/mol. The minimum absolute atomic E-state index is 0.186. The second kappa shape index (κ2) is 7.99. The molecule has 86 valence electrons. The predicted octanol–water partition coefficient (Wildman–Crippen LogP) is 0.512. The Balaban J connectivity index is 4.03. The lowest BCUT2D eigenvalue weighted by molar-refractivity contribution is -0.144. The van der Waals surface area contributed by atoms with Gasteiger partial charge in [-0.15, -0.1) is 6.58 Å². The van der Waals surface area contributed by atoms with E-state index in [0.717, 1.165) is 0 Å². The molecule has 0 aliphatic carbocycles. The van der Waals surface area contributed by atoms with Gasteiger partial charge in [0, 0.05) is 26.7 Å². The van der Waals surface area contributed by atoms with Crippen molar-refractivity contribution in [3.8, 4) is 0 Å². The standard InChI is InChI=1S/C10H17NO4/c1-3-6-11(8-10(13)14)9(12)5-4-7-15-2/h3H,1,4-8H2,2H3,(H,13,14). The average molecular weight is 215 g/mol. The number of hydrogen-bond donors (Lipinski definition) is 1. The lowest BCUT2D eigenvalue weighted by Crippen LogP contribution is -2.35. The second-order valence-electron chi connectivity index (χ2n) is 3.05. The van der Waals surface area contributed by atoms with Gasteiger partial charge in [-0.3, -0.25) is 9.59 Å². The number of hydrogen-bond acceptors (Lipinski definition) is 3. The fraction of sp³-hybridized carbons (Fsp3) is 0.600. The molecular weight excluding hydrogens is 198 g/mol. The first-order valence-corrected chi connectivity index (χ1v) is 4.71. The first kappa shape index (κ1) is 13.6. The molecule has 5 nitrogen and oxygen atoms in total. The van der Waals surface area contributed by atoms with Crippen molar-refractivity contribution in [2.75, 3.05) is 26.8 Å². The van der Waals surface area contributed by atoms with Gasteiger partial charge in [0.1, 0.15) is 6.54 Å². The number of carboxylic acid groups (broad SMARTS) is 1. The molecule has 0 rings (SSSR count). The zero-order valence-corrected chi connectivity index (χ0v) is 8.94. The molecule has 0 fully saturated rings. The van der Waals surface area contributed by atoms with Crippen molar-refractivity contribution in [1.82, 2.24) is 4.90 Å². The molecular formula is C10H17NO4. The maximum Gasteiger partial charge on any atom is 0.323 e. The highest BCUT2D eigenvalue weighted by Crippen LogP contribution is 1.98. The van der Waals surface area contributed by atoms with Gasteiger partial charge in [-0.05, 0) is 6.42 Å². The van der Waals surface area contributed by atoms with Crippen LogP contribution < -0.4 is 0 Å². The number of amides is 1. The first-order chi connectivity index (χ1) is 7.11. The van der Waals surface area contributed by atoms with E-state index in [-0.39, 0.29) is 19.0 Å². The maximum absolute atomic E-state index is 11.5. The van der Waals surface area contributed by atoms with Crippen LogP contribution in [0.25, 0.3) is 0 Å². The Morgan fingerprint density at radius 3 is 2.67 bits per heavy atom. The Bertz CT molecular complexity index is 227. The van der Waals surface area contributed by atoms with Gasteiger partial charge in [-0.1, -0.05) is 6.08 Å². The van der Waals surface area contributed by atoms with E-state index < -0.39 is 5.97 Å². The van der Waals surface area contributed by atoms with E-state index in [2.05, 4.69) is 6.58 Å². The number of ether oxygens (including phenoxy) is 1. The Hall–Kier alpha value is -1.36. The van der Waals surface area contributed by atoms with Gasteiger partial charge in [-0.25, -0.2) is 0 Å². The van der Waals surface area contributed by atoms with E-state index in [4.69, 9.17) is 9.84 Å². The highest BCUT2D eigenvalue weighted by atomic mass is 16.5. The minimum Gasteiger partial charge on any atom is -0.480 e. The van der Waals surface area contributed by atoms with Crippen LogP contribution in [-0.4, -0.2) is 48.7 Å². The lowest BCUT2D eigenvalue weighted by Gasteiger charge is -2.18. The third-order valence-electron chi connectivity index (χ3n) is 1.77. The number of aliphatic carboxylic acids is 1. The molecule has 0 aromatic rings. The molecule has 15 heavy (non-hydrogen) atoms. The van der Waals surface area contributed by atoms with Crippen molar-refractivity contribution in [2.24, 2.45) is 0 Å². The molecule has 1 N–H and O–H groups in total. The van der Waals surface area contributed by atoms with Gasteiger partial charge in [0.15, 0.2) is 0 Å². The first-order valence-electron chi connectivity index (χ1n) is 4.71. The lowest BCUT2D eigenvalue weighted by atomic mass is 10.3. The molecule has 0 bridgehead atoms.